The highest BCUT2D eigenvalue weighted by Gasteiger charge is 2.48. The number of halogens is 1. The molecule has 2 aliphatic rings. The Labute approximate surface area is 102 Å². The number of imide groups is 1. The number of nitrogens with one attached hydrogen (secondary N) is 1. The third-order valence-corrected chi connectivity index (χ3v) is 3.39. The van der Waals surface area contributed by atoms with Gasteiger partial charge in [-0.15, -0.1) is 0 Å². The summed E-state index contributed by atoms with van der Waals surface area (Å²) in [4.78, 5) is 32.8. The third-order valence-electron chi connectivity index (χ3n) is 3.18. The summed E-state index contributed by atoms with van der Waals surface area (Å²) in [6.07, 6.45) is 1.37. The molecule has 3 heterocycles. The van der Waals surface area contributed by atoms with Gasteiger partial charge in [0.1, 0.15) is 17.3 Å². The summed E-state index contributed by atoms with van der Waals surface area (Å²) in [5, 5.41) is 2.69. The molecule has 2 aliphatic heterocycles. The zero-order valence-electron chi connectivity index (χ0n) is 8.76. The monoisotopic (exact) mass is 252 g/mol. The van der Waals surface area contributed by atoms with Crippen LogP contribution in [0, 0.1) is 11.8 Å². The number of carbonyl (C=O) groups is 2. The Balaban J connectivity index is 1.85. The molecular weight excluding hydrogens is 244 g/mol. The Morgan fingerprint density at radius 1 is 1.24 bits per heavy atom. The van der Waals surface area contributed by atoms with Crippen LogP contribution < -0.4 is 10.2 Å². The first kappa shape index (κ1) is 10.5. The largest absolute Gasteiger partial charge is 0.355 e. The molecule has 1 N–H and O–H groups in total. The van der Waals surface area contributed by atoms with Crippen molar-refractivity contribution in [3.05, 3.63) is 17.5 Å². The topological polar surface area (TPSA) is 75.2 Å². The van der Waals surface area contributed by atoms with Crippen molar-refractivity contribution in [3.8, 4) is 0 Å². The van der Waals surface area contributed by atoms with E-state index in [1.54, 1.807) is 6.07 Å². The maximum absolute atomic E-state index is 11.5. The second-order valence-electron chi connectivity index (χ2n) is 4.17. The first-order chi connectivity index (χ1) is 8.15. The average Bonchev–Trinajstić information content (AvgIpc) is 2.82. The Hall–Kier alpha value is -1.69. The van der Waals surface area contributed by atoms with Gasteiger partial charge in [0.2, 0.25) is 11.8 Å². The lowest BCUT2D eigenvalue weighted by Gasteiger charge is -2.17. The lowest BCUT2D eigenvalue weighted by molar-refractivity contribution is -0.126. The molecule has 0 radical (unpaired) electrons. The fourth-order valence-electron chi connectivity index (χ4n) is 2.33. The SMILES string of the molecule is O=C1NC(=O)[C@H]2CN(c3cc(Cl)ncn3)C[C@H]12. The van der Waals surface area contributed by atoms with Crippen LogP contribution in [0.5, 0.6) is 0 Å². The van der Waals surface area contributed by atoms with Gasteiger partial charge in [-0.1, -0.05) is 11.6 Å². The summed E-state index contributed by atoms with van der Waals surface area (Å²) in [6.45, 7) is 0.991. The molecule has 0 spiro atoms. The second-order valence-corrected chi connectivity index (χ2v) is 4.56. The summed E-state index contributed by atoms with van der Waals surface area (Å²) < 4.78 is 0. The highest BCUT2D eigenvalue weighted by Crippen LogP contribution is 2.31. The van der Waals surface area contributed by atoms with Crippen LogP contribution in [0.2, 0.25) is 5.15 Å². The minimum absolute atomic E-state index is 0.192. The molecule has 3 rings (SSSR count). The zero-order chi connectivity index (χ0) is 12.0. The van der Waals surface area contributed by atoms with Crippen molar-refractivity contribution in [2.45, 2.75) is 0 Å². The maximum atomic E-state index is 11.5. The first-order valence-electron chi connectivity index (χ1n) is 5.22. The van der Waals surface area contributed by atoms with Gasteiger partial charge in [-0.2, -0.15) is 0 Å². The number of nitrogens with zero attached hydrogens (tertiary/aromatic N) is 3. The quantitative estimate of drug-likeness (QED) is 0.555. The minimum atomic E-state index is -0.267. The molecule has 2 amide bonds. The van der Waals surface area contributed by atoms with Crippen molar-refractivity contribution in [2.24, 2.45) is 11.8 Å². The van der Waals surface area contributed by atoms with Gasteiger partial charge < -0.3 is 4.90 Å². The van der Waals surface area contributed by atoms with Gasteiger partial charge in [0.05, 0.1) is 11.8 Å². The Bertz CT molecular complexity index is 485. The normalized spacial score (nSPS) is 27.2. The molecule has 2 fully saturated rings. The predicted molar refractivity (Wildman–Crippen MR) is 59.4 cm³/mol. The molecule has 7 heteroatoms. The molecule has 0 aliphatic carbocycles. The van der Waals surface area contributed by atoms with Crippen molar-refractivity contribution < 1.29 is 9.59 Å². The molecule has 1 aromatic rings. The standard InChI is InChI=1S/C10H9ClN4O2/c11-7-1-8(13-4-12-7)15-2-5-6(3-15)10(17)14-9(5)16/h1,4-6H,2-3H2,(H,14,16,17)/t5-,6-/m0/s1. The summed E-state index contributed by atoms with van der Waals surface area (Å²) in [7, 11) is 0. The van der Waals surface area contributed by atoms with Gasteiger partial charge in [-0.3, -0.25) is 14.9 Å². The summed E-state index contributed by atoms with van der Waals surface area (Å²) in [5.41, 5.74) is 0. The molecule has 0 bridgehead atoms. The van der Waals surface area contributed by atoms with Gasteiger partial charge in [-0.25, -0.2) is 9.97 Å². The van der Waals surface area contributed by atoms with Crippen LogP contribution in [0.1, 0.15) is 0 Å². The van der Waals surface area contributed by atoms with Gasteiger partial charge in [0, 0.05) is 19.2 Å². The van der Waals surface area contributed by atoms with Crippen LogP contribution in [0.15, 0.2) is 12.4 Å². The molecule has 0 saturated carbocycles. The molecule has 0 aromatic carbocycles. The molecular formula is C10H9ClN4O2. The Morgan fingerprint density at radius 2 is 1.88 bits per heavy atom. The summed E-state index contributed by atoms with van der Waals surface area (Å²) in [6, 6.07) is 1.63. The van der Waals surface area contributed by atoms with E-state index in [0.717, 1.165) is 0 Å². The van der Waals surface area contributed by atoms with E-state index in [0.29, 0.717) is 24.1 Å². The van der Waals surface area contributed by atoms with Crippen LogP contribution in [0.3, 0.4) is 0 Å². The van der Waals surface area contributed by atoms with E-state index in [4.69, 9.17) is 11.6 Å². The van der Waals surface area contributed by atoms with Crippen LogP contribution >= 0.6 is 11.6 Å². The van der Waals surface area contributed by atoms with Gasteiger partial charge in [0.25, 0.3) is 0 Å². The van der Waals surface area contributed by atoms with Gasteiger partial charge >= 0.3 is 0 Å². The van der Waals surface area contributed by atoms with Crippen molar-refractivity contribution >= 4 is 29.2 Å². The number of fused-ring (bicyclic) bond motifs is 1. The summed E-state index contributed by atoms with van der Waals surface area (Å²) in [5.74, 6) is -0.266. The van der Waals surface area contributed by atoms with Crippen molar-refractivity contribution in [1.29, 1.82) is 0 Å². The van der Waals surface area contributed by atoms with Crippen LogP contribution in [0.4, 0.5) is 5.82 Å². The molecule has 17 heavy (non-hydrogen) atoms. The van der Waals surface area contributed by atoms with E-state index >= 15 is 0 Å². The van der Waals surface area contributed by atoms with Gasteiger partial charge in [0.15, 0.2) is 0 Å². The molecule has 88 valence electrons. The highest BCUT2D eigenvalue weighted by atomic mass is 35.5. The smallest absolute Gasteiger partial charge is 0.232 e. The molecule has 0 unspecified atom stereocenters. The van der Waals surface area contributed by atoms with Crippen LogP contribution in [0.25, 0.3) is 0 Å². The zero-order valence-corrected chi connectivity index (χ0v) is 9.52. The highest BCUT2D eigenvalue weighted by molar-refractivity contribution is 6.29. The number of rotatable bonds is 1. The summed E-state index contributed by atoms with van der Waals surface area (Å²) >= 11 is 5.78. The lowest BCUT2D eigenvalue weighted by atomic mass is 10.00. The fraction of sp³-hybridized carbons (Fsp3) is 0.400. The predicted octanol–water partition coefficient (Wildman–Crippen LogP) is -0.161. The Kier molecular flexibility index (Phi) is 2.25. The average molecular weight is 253 g/mol. The van der Waals surface area contributed by atoms with Crippen molar-refractivity contribution in [3.63, 3.8) is 0 Å². The molecule has 2 saturated heterocycles. The third kappa shape index (κ3) is 1.64. The van der Waals surface area contributed by atoms with Crippen molar-refractivity contribution in [1.82, 2.24) is 15.3 Å². The van der Waals surface area contributed by atoms with Crippen LogP contribution in [-0.4, -0.2) is 34.9 Å². The van der Waals surface area contributed by atoms with Crippen molar-refractivity contribution in [2.75, 3.05) is 18.0 Å². The van der Waals surface area contributed by atoms with Crippen LogP contribution in [-0.2, 0) is 9.59 Å². The number of amides is 2. The maximum Gasteiger partial charge on any atom is 0.232 e. The van der Waals surface area contributed by atoms with E-state index in [1.165, 1.54) is 6.33 Å². The van der Waals surface area contributed by atoms with E-state index in [-0.39, 0.29) is 23.7 Å². The van der Waals surface area contributed by atoms with E-state index in [9.17, 15) is 9.59 Å². The van der Waals surface area contributed by atoms with Gasteiger partial charge in [-0.05, 0) is 0 Å². The second kappa shape index (κ2) is 3.66. The number of hydrogen-bond acceptors (Lipinski definition) is 5. The van der Waals surface area contributed by atoms with E-state index < -0.39 is 0 Å². The fourth-order valence-corrected chi connectivity index (χ4v) is 2.47. The molecule has 2 atom stereocenters. The lowest BCUT2D eigenvalue weighted by Crippen LogP contribution is -2.31. The minimum Gasteiger partial charge on any atom is -0.355 e. The first-order valence-corrected chi connectivity index (χ1v) is 5.60. The van der Waals surface area contributed by atoms with E-state index in [2.05, 4.69) is 15.3 Å². The number of aromatic nitrogens is 2. The van der Waals surface area contributed by atoms with E-state index in [1.807, 2.05) is 4.90 Å². The number of anilines is 1. The molecule has 1 aromatic heterocycles. The number of carbonyl (C=O) groups excluding carboxylic acids is 2. The Morgan fingerprint density at radius 3 is 2.47 bits per heavy atom. The number of hydrogen-bond donors (Lipinski definition) is 1. The molecule has 6 nitrogen and oxygen atoms in total.